The summed E-state index contributed by atoms with van der Waals surface area (Å²) in [5, 5.41) is -0.651. The van der Waals surface area contributed by atoms with Crippen LogP contribution < -0.4 is 29.6 Å². The number of nitrogens with two attached hydrogens (primary N) is 1. The number of aromatic nitrogens is 2. The van der Waals surface area contributed by atoms with Gasteiger partial charge < -0.3 is 34.5 Å². The van der Waals surface area contributed by atoms with Crippen LogP contribution in [0.4, 0.5) is 11.8 Å². The third-order valence-electron chi connectivity index (χ3n) is 4.56. The number of carbonyl (C=O) groups excluding carboxylic acids is 1. The molecule has 3 heterocycles. The van der Waals surface area contributed by atoms with E-state index >= 15 is 0 Å². The number of fused-ring (bicyclic) bond motifs is 2. The van der Waals surface area contributed by atoms with Gasteiger partial charge in [-0.15, -0.1) is 0 Å². The van der Waals surface area contributed by atoms with Crippen LogP contribution in [0.3, 0.4) is 0 Å². The predicted octanol–water partition coefficient (Wildman–Crippen LogP) is 1.72. The van der Waals surface area contributed by atoms with Crippen LogP contribution in [0.1, 0.15) is 21.9 Å². The SMILES string of the molecule is [2H]c1c(OC([2H])([2H])[2H])c(OC([2H])([2H])[2H])c([2H])c2c(N)nc(N3C([2H])([2H])C([2H])([2H])N(C(=O)C4COc5ccccc5O4)C([2H])([2H])C3([2H])[2H])nc12. The Morgan fingerprint density at radius 1 is 1.15 bits per heavy atom. The fourth-order valence-electron chi connectivity index (χ4n) is 3.01. The molecule has 2 aromatic carbocycles. The van der Waals surface area contributed by atoms with Crippen LogP contribution in [0.15, 0.2) is 36.4 Å². The van der Waals surface area contributed by atoms with Gasteiger partial charge in [-0.3, -0.25) is 4.79 Å². The summed E-state index contributed by atoms with van der Waals surface area (Å²) in [7, 11) is -6.64. The second-order valence-corrected chi connectivity index (χ2v) is 6.57. The summed E-state index contributed by atoms with van der Waals surface area (Å²) in [5.74, 6) is -5.54. The van der Waals surface area contributed by atoms with Crippen molar-refractivity contribution in [3.63, 3.8) is 0 Å². The van der Waals surface area contributed by atoms with E-state index in [-0.39, 0.29) is 21.3 Å². The first-order valence-electron chi connectivity index (χ1n) is 17.3. The number of piperazine rings is 1. The summed E-state index contributed by atoms with van der Waals surface area (Å²) in [5.41, 5.74) is 5.18. The first-order valence-corrected chi connectivity index (χ1v) is 9.25. The minimum atomic E-state index is -3.75. The molecular weight excluding hydrogens is 426 g/mol. The fourth-order valence-corrected chi connectivity index (χ4v) is 3.01. The van der Waals surface area contributed by atoms with Crippen LogP contribution in [0.2, 0.25) is 0 Å². The summed E-state index contributed by atoms with van der Waals surface area (Å²) >= 11 is 0. The standard InChI is InChI=1S/C23H25N5O5/c1-30-18-11-14-15(12-19(18)31-2)25-23(26-21(14)24)28-9-7-27(8-10-28)22(29)20-13-32-16-5-3-4-6-17(16)33-20/h3-6,11-12,20H,7-10,13H2,1-2H3,(H2,24,25,26)/i1D3,2D3,7D2,8D2,9D2,10D2,11D,12D. The van der Waals surface area contributed by atoms with Crippen LogP contribution in [-0.4, -0.2) is 73.5 Å². The zero-order valence-electron chi connectivity index (χ0n) is 32.5. The van der Waals surface area contributed by atoms with E-state index in [1.54, 1.807) is 6.07 Å². The Morgan fingerprint density at radius 2 is 1.88 bits per heavy atom. The molecule has 1 unspecified atom stereocenters. The number of ether oxygens (including phenoxy) is 4. The number of benzene rings is 2. The molecule has 33 heavy (non-hydrogen) atoms. The molecule has 1 saturated heterocycles. The normalized spacial score (nSPS) is 31.7. The Labute approximate surface area is 213 Å². The van der Waals surface area contributed by atoms with Crippen molar-refractivity contribution in [3.05, 3.63) is 36.4 Å². The molecule has 0 saturated carbocycles. The van der Waals surface area contributed by atoms with Crippen molar-refractivity contribution in [1.82, 2.24) is 14.9 Å². The smallest absolute Gasteiger partial charge is 0.267 e. The van der Waals surface area contributed by atoms with Crippen LogP contribution >= 0.6 is 0 Å². The Balaban J connectivity index is 1.68. The minimum Gasteiger partial charge on any atom is -0.493 e. The molecule has 2 aliphatic rings. The van der Waals surface area contributed by atoms with Crippen molar-refractivity contribution in [3.8, 4) is 23.0 Å². The molecule has 5 rings (SSSR count). The van der Waals surface area contributed by atoms with Crippen LogP contribution in [-0.2, 0) is 4.79 Å². The average molecular weight is 468 g/mol. The zero-order valence-corrected chi connectivity index (χ0v) is 16.5. The van der Waals surface area contributed by atoms with E-state index in [4.69, 9.17) is 46.6 Å². The lowest BCUT2D eigenvalue weighted by Crippen LogP contribution is -2.54. The first-order chi connectivity index (χ1) is 22.2. The number of methoxy groups -OCH3 is 2. The molecule has 1 amide bonds. The highest BCUT2D eigenvalue weighted by atomic mass is 16.6. The molecule has 1 aromatic heterocycles. The van der Waals surface area contributed by atoms with E-state index in [2.05, 4.69) is 9.97 Å². The summed E-state index contributed by atoms with van der Waals surface area (Å²) in [6, 6.07) is 3.97. The van der Waals surface area contributed by atoms with Gasteiger partial charge in [0.15, 0.2) is 23.0 Å². The molecule has 3 aromatic rings. The molecular formula is C23H25N5O5. The van der Waals surface area contributed by atoms with E-state index in [1.807, 2.05) is 0 Å². The maximum Gasteiger partial charge on any atom is 0.267 e. The summed E-state index contributed by atoms with van der Waals surface area (Å²) in [6.07, 6.45) is -1.74. The summed E-state index contributed by atoms with van der Waals surface area (Å²) < 4.78 is 152. The number of nitrogens with zero attached hydrogens (tertiary/aromatic N) is 4. The van der Waals surface area contributed by atoms with Gasteiger partial charge in [-0.1, -0.05) is 12.1 Å². The van der Waals surface area contributed by atoms with Gasteiger partial charge in [-0.05, 0) is 18.2 Å². The number of anilines is 2. The van der Waals surface area contributed by atoms with Crippen LogP contribution in [0.25, 0.3) is 10.9 Å². The number of para-hydroxylation sites is 2. The van der Waals surface area contributed by atoms with Gasteiger partial charge in [0.05, 0.1) is 41.5 Å². The van der Waals surface area contributed by atoms with Crippen LogP contribution in [0.5, 0.6) is 23.0 Å². The lowest BCUT2D eigenvalue weighted by Gasteiger charge is -2.37. The van der Waals surface area contributed by atoms with Crippen molar-refractivity contribution < 1.29 is 45.7 Å². The molecule has 0 radical (unpaired) electrons. The summed E-state index contributed by atoms with van der Waals surface area (Å²) in [6.45, 7) is -15.6. The van der Waals surface area contributed by atoms with Gasteiger partial charge in [-0.25, -0.2) is 4.98 Å². The van der Waals surface area contributed by atoms with Gasteiger partial charge >= 0.3 is 0 Å². The molecule has 0 spiro atoms. The van der Waals surface area contributed by atoms with Gasteiger partial charge in [0.1, 0.15) is 12.4 Å². The van der Waals surface area contributed by atoms with Gasteiger partial charge in [0.25, 0.3) is 5.91 Å². The molecule has 10 nitrogen and oxygen atoms in total. The monoisotopic (exact) mass is 467 g/mol. The third-order valence-corrected chi connectivity index (χ3v) is 4.56. The highest BCUT2D eigenvalue weighted by molar-refractivity contribution is 5.91. The van der Waals surface area contributed by atoms with Gasteiger partial charge in [0, 0.05) is 37.4 Å². The number of hydrogen-bond acceptors (Lipinski definition) is 9. The average Bonchev–Trinajstić information content (AvgIpc) is 2.95. The molecule has 0 aliphatic carbocycles. The Bertz CT molecular complexity index is 1810. The molecule has 1 atom stereocenters. The quantitative estimate of drug-likeness (QED) is 0.613. The maximum atomic E-state index is 13.7. The predicted molar refractivity (Wildman–Crippen MR) is 122 cm³/mol. The number of nitrogen functional groups attached to an aromatic ring is 1. The molecule has 1 fully saturated rings. The Hall–Kier alpha value is -3.95. The van der Waals surface area contributed by atoms with Crippen molar-refractivity contribution in [2.45, 2.75) is 6.10 Å². The number of amides is 1. The number of carbonyl (C=O) groups is 1. The topological polar surface area (TPSA) is 112 Å². The third kappa shape index (κ3) is 3.88. The lowest BCUT2D eigenvalue weighted by atomic mass is 10.2. The molecule has 172 valence electrons. The molecule has 10 heteroatoms. The van der Waals surface area contributed by atoms with E-state index in [9.17, 15) is 4.79 Å². The zero-order chi connectivity index (χ0) is 36.9. The fraction of sp³-hybridized carbons (Fsp3) is 0.348. The molecule has 2 aliphatic heterocycles. The maximum absolute atomic E-state index is 13.7. The highest BCUT2D eigenvalue weighted by Crippen LogP contribution is 2.34. The molecule has 2 N–H and O–H groups in total. The second kappa shape index (κ2) is 8.53. The van der Waals surface area contributed by atoms with Gasteiger partial charge in [-0.2, -0.15) is 4.98 Å². The Kier molecular flexibility index (Phi) is 2.46. The highest BCUT2D eigenvalue weighted by Gasteiger charge is 2.33. The number of rotatable bonds is 4. The van der Waals surface area contributed by atoms with E-state index in [1.165, 1.54) is 18.2 Å². The lowest BCUT2D eigenvalue weighted by molar-refractivity contribution is -0.141. The first kappa shape index (κ1) is 9.50. The second-order valence-electron chi connectivity index (χ2n) is 6.57. The van der Waals surface area contributed by atoms with E-state index < -0.39 is 105 Å². The Morgan fingerprint density at radius 3 is 2.64 bits per heavy atom. The van der Waals surface area contributed by atoms with Crippen LogP contribution in [0, 0.1) is 0 Å². The van der Waals surface area contributed by atoms with Gasteiger partial charge in [0.2, 0.25) is 12.1 Å². The van der Waals surface area contributed by atoms with E-state index in [0.717, 1.165) is 0 Å². The largest absolute Gasteiger partial charge is 0.493 e. The van der Waals surface area contributed by atoms with Crippen molar-refractivity contribution in [2.24, 2.45) is 0 Å². The van der Waals surface area contributed by atoms with Crippen molar-refractivity contribution in [2.75, 3.05) is 57.3 Å². The summed E-state index contributed by atoms with van der Waals surface area (Å²) in [4.78, 5) is 20.8. The van der Waals surface area contributed by atoms with Crippen molar-refractivity contribution >= 4 is 28.6 Å². The minimum absolute atomic E-state index is 0.0344. The number of hydrogen-bond donors (Lipinski definition) is 1. The van der Waals surface area contributed by atoms with Crippen molar-refractivity contribution in [1.29, 1.82) is 0 Å². The van der Waals surface area contributed by atoms with E-state index in [0.29, 0.717) is 0 Å². The molecule has 0 bridgehead atoms.